The summed E-state index contributed by atoms with van der Waals surface area (Å²) in [6.45, 7) is 3.20. The maximum atomic E-state index is 12.5. The quantitative estimate of drug-likeness (QED) is 0.362. The van der Waals surface area contributed by atoms with Gasteiger partial charge in [0.25, 0.3) is 0 Å². The van der Waals surface area contributed by atoms with Crippen molar-refractivity contribution in [2.24, 2.45) is 4.99 Å². The van der Waals surface area contributed by atoms with Crippen LogP contribution in [0.15, 0.2) is 10.4 Å². The van der Waals surface area contributed by atoms with E-state index in [-0.39, 0.29) is 32.0 Å². The molecule has 3 amide bonds. The number of nitrogens with one attached hydrogen (secondary N) is 3. The number of guanidine groups is 1. The number of rotatable bonds is 7. The second kappa shape index (κ2) is 8.83. The highest BCUT2D eigenvalue weighted by Crippen LogP contribution is 2.30. The van der Waals surface area contributed by atoms with Gasteiger partial charge in [-0.3, -0.25) is 14.7 Å². The van der Waals surface area contributed by atoms with Gasteiger partial charge >= 0.3 is 12.2 Å². The first kappa shape index (κ1) is 19.9. The first-order valence-electron chi connectivity index (χ1n) is 7.93. The lowest BCUT2D eigenvalue weighted by atomic mass is 10.4. The largest absolute Gasteiger partial charge is 0.434 e. The fraction of sp³-hybridized carbons (Fsp3) is 0.571. The maximum Gasteiger partial charge on any atom is 0.434 e. The zero-order chi connectivity index (χ0) is 19.2. The SMILES string of the molecule is CCNC(=NCCc1nc(C(F)(F)F)cs1)NCCN1C(=O)CNC1=O. The van der Waals surface area contributed by atoms with Gasteiger partial charge < -0.3 is 16.0 Å². The number of thiazole rings is 1. The van der Waals surface area contributed by atoms with Crippen LogP contribution in [0.1, 0.15) is 17.6 Å². The molecule has 1 saturated heterocycles. The van der Waals surface area contributed by atoms with Gasteiger partial charge in [-0.05, 0) is 6.92 Å². The number of hydrogen-bond acceptors (Lipinski definition) is 5. The molecular formula is C14H19F3N6O2S. The molecule has 144 valence electrons. The van der Waals surface area contributed by atoms with Crippen LogP contribution in [-0.4, -0.2) is 60.5 Å². The Morgan fingerprint density at radius 3 is 2.77 bits per heavy atom. The van der Waals surface area contributed by atoms with Gasteiger partial charge in [-0.15, -0.1) is 11.3 Å². The van der Waals surface area contributed by atoms with Crippen LogP contribution in [0.25, 0.3) is 0 Å². The first-order valence-corrected chi connectivity index (χ1v) is 8.81. The molecule has 0 saturated carbocycles. The van der Waals surface area contributed by atoms with E-state index in [0.717, 1.165) is 21.6 Å². The smallest absolute Gasteiger partial charge is 0.357 e. The Kier molecular flexibility index (Phi) is 6.77. The first-order chi connectivity index (χ1) is 12.3. The Balaban J connectivity index is 1.81. The minimum atomic E-state index is -4.44. The van der Waals surface area contributed by atoms with Gasteiger partial charge in [0.2, 0.25) is 5.91 Å². The van der Waals surface area contributed by atoms with E-state index >= 15 is 0 Å². The summed E-state index contributed by atoms with van der Waals surface area (Å²) in [5.74, 6) is 0.162. The summed E-state index contributed by atoms with van der Waals surface area (Å²) in [4.78, 5) is 31.8. The van der Waals surface area contributed by atoms with Gasteiger partial charge in [-0.2, -0.15) is 13.2 Å². The zero-order valence-corrected chi connectivity index (χ0v) is 14.8. The lowest BCUT2D eigenvalue weighted by Crippen LogP contribution is -2.43. The number of nitrogens with zero attached hydrogens (tertiary/aromatic N) is 3. The molecule has 1 fully saturated rings. The van der Waals surface area contributed by atoms with Crippen LogP contribution in [0.3, 0.4) is 0 Å². The molecule has 0 atom stereocenters. The van der Waals surface area contributed by atoms with Crippen LogP contribution >= 0.6 is 11.3 Å². The van der Waals surface area contributed by atoms with Crippen LogP contribution in [0, 0.1) is 0 Å². The highest BCUT2D eigenvalue weighted by molar-refractivity contribution is 7.09. The number of aromatic nitrogens is 1. The maximum absolute atomic E-state index is 12.5. The molecule has 12 heteroatoms. The van der Waals surface area contributed by atoms with E-state index in [1.54, 1.807) is 0 Å². The lowest BCUT2D eigenvalue weighted by molar-refractivity contribution is -0.140. The molecule has 2 rings (SSSR count). The van der Waals surface area contributed by atoms with Crippen molar-refractivity contribution in [3.05, 3.63) is 16.1 Å². The van der Waals surface area contributed by atoms with E-state index in [1.807, 2.05) is 6.92 Å². The molecule has 1 aromatic rings. The Labute approximate surface area is 151 Å². The summed E-state index contributed by atoms with van der Waals surface area (Å²) in [5, 5.41) is 9.73. The van der Waals surface area contributed by atoms with Crippen LogP contribution in [0.4, 0.5) is 18.0 Å². The zero-order valence-electron chi connectivity index (χ0n) is 14.0. The van der Waals surface area contributed by atoms with Crippen molar-refractivity contribution in [3.63, 3.8) is 0 Å². The topological polar surface area (TPSA) is 98.7 Å². The molecular weight excluding hydrogens is 373 g/mol. The van der Waals surface area contributed by atoms with E-state index < -0.39 is 17.9 Å². The number of hydrogen-bond donors (Lipinski definition) is 3. The molecule has 0 bridgehead atoms. The molecule has 1 aliphatic rings. The van der Waals surface area contributed by atoms with Gasteiger partial charge in [0.15, 0.2) is 11.7 Å². The minimum absolute atomic E-state index is 0.000712. The number of carbonyl (C=O) groups is 2. The van der Waals surface area contributed by atoms with Gasteiger partial charge in [0.1, 0.15) is 0 Å². The van der Waals surface area contributed by atoms with Gasteiger partial charge in [-0.1, -0.05) is 0 Å². The van der Waals surface area contributed by atoms with Gasteiger partial charge in [0, 0.05) is 38.0 Å². The Hall–Kier alpha value is -2.37. The summed E-state index contributed by atoms with van der Waals surface area (Å²) >= 11 is 0.947. The number of carbonyl (C=O) groups excluding carboxylic acids is 2. The van der Waals surface area contributed by atoms with E-state index in [9.17, 15) is 22.8 Å². The Bertz CT molecular complexity index is 660. The monoisotopic (exact) mass is 392 g/mol. The normalized spacial score (nSPS) is 15.4. The number of alkyl halides is 3. The molecule has 0 spiro atoms. The second-order valence-corrected chi connectivity index (χ2v) is 6.21. The van der Waals surface area contributed by atoms with E-state index in [2.05, 4.69) is 25.9 Å². The summed E-state index contributed by atoms with van der Waals surface area (Å²) < 4.78 is 37.5. The van der Waals surface area contributed by atoms with Crippen LogP contribution in [0.2, 0.25) is 0 Å². The molecule has 1 aromatic heterocycles. The number of urea groups is 1. The van der Waals surface area contributed by atoms with Crippen molar-refractivity contribution in [2.75, 3.05) is 32.7 Å². The second-order valence-electron chi connectivity index (χ2n) is 5.27. The Morgan fingerprint density at radius 1 is 1.42 bits per heavy atom. The summed E-state index contributed by atoms with van der Waals surface area (Å²) in [6.07, 6.45) is -4.15. The molecule has 2 heterocycles. The number of imide groups is 1. The lowest BCUT2D eigenvalue weighted by Gasteiger charge is -2.15. The summed E-state index contributed by atoms with van der Waals surface area (Å²) in [5.41, 5.74) is -0.889. The van der Waals surface area contributed by atoms with Crippen LogP contribution in [-0.2, 0) is 17.4 Å². The highest BCUT2D eigenvalue weighted by Gasteiger charge is 2.33. The predicted molar refractivity (Wildman–Crippen MR) is 89.9 cm³/mol. The van der Waals surface area contributed by atoms with Crippen molar-refractivity contribution >= 4 is 29.2 Å². The predicted octanol–water partition coefficient (Wildman–Crippen LogP) is 0.811. The number of amides is 3. The average molecular weight is 392 g/mol. The van der Waals surface area contributed by atoms with Gasteiger partial charge in [0.05, 0.1) is 11.6 Å². The van der Waals surface area contributed by atoms with Crippen LogP contribution in [0.5, 0.6) is 0 Å². The van der Waals surface area contributed by atoms with Crippen molar-refractivity contribution in [1.29, 1.82) is 0 Å². The summed E-state index contributed by atoms with van der Waals surface area (Å²) in [7, 11) is 0. The van der Waals surface area contributed by atoms with Crippen molar-refractivity contribution in [2.45, 2.75) is 19.5 Å². The molecule has 3 N–H and O–H groups in total. The molecule has 1 aliphatic heterocycles. The fourth-order valence-electron chi connectivity index (χ4n) is 2.13. The highest BCUT2D eigenvalue weighted by atomic mass is 32.1. The van der Waals surface area contributed by atoms with E-state index in [4.69, 9.17) is 0 Å². The minimum Gasteiger partial charge on any atom is -0.357 e. The van der Waals surface area contributed by atoms with E-state index in [1.165, 1.54) is 0 Å². The molecule has 0 unspecified atom stereocenters. The number of aliphatic imine (C=N–C) groups is 1. The van der Waals surface area contributed by atoms with Crippen molar-refractivity contribution in [3.8, 4) is 0 Å². The molecule has 26 heavy (non-hydrogen) atoms. The third-order valence-electron chi connectivity index (χ3n) is 3.35. The molecule has 8 nitrogen and oxygen atoms in total. The Morgan fingerprint density at radius 2 is 2.19 bits per heavy atom. The van der Waals surface area contributed by atoms with E-state index in [0.29, 0.717) is 24.1 Å². The van der Waals surface area contributed by atoms with Crippen molar-refractivity contribution < 1.29 is 22.8 Å². The summed E-state index contributed by atoms with van der Waals surface area (Å²) in [6, 6.07) is -0.428. The number of halogens is 3. The molecule has 0 aliphatic carbocycles. The third-order valence-corrected chi connectivity index (χ3v) is 4.26. The van der Waals surface area contributed by atoms with Crippen LogP contribution < -0.4 is 16.0 Å². The van der Waals surface area contributed by atoms with Gasteiger partial charge in [-0.25, -0.2) is 9.78 Å². The molecule has 0 radical (unpaired) electrons. The van der Waals surface area contributed by atoms with Crippen molar-refractivity contribution in [1.82, 2.24) is 25.8 Å². The standard InChI is InChI=1S/C14H19F3N6O2S/c1-2-18-12(20-5-6-23-11(24)7-21-13(23)25)19-4-3-10-22-9(8-26-10)14(15,16)17/h8H,2-7H2,1H3,(H,21,25)(H2,18,19,20). The average Bonchev–Trinajstić information content (AvgIpc) is 3.16. The third kappa shape index (κ3) is 5.58. The fourth-order valence-corrected chi connectivity index (χ4v) is 2.92. The molecule has 0 aromatic carbocycles.